The van der Waals surface area contributed by atoms with Crippen LogP contribution < -0.4 is 0 Å². The van der Waals surface area contributed by atoms with Gasteiger partial charge in [-0.05, 0) is 24.3 Å². The summed E-state index contributed by atoms with van der Waals surface area (Å²) >= 11 is 1.55. The third-order valence-corrected chi connectivity index (χ3v) is 4.31. The largest absolute Gasteiger partial charge is 0.339 e. The van der Waals surface area contributed by atoms with Gasteiger partial charge in [0.15, 0.2) is 5.82 Å². The maximum atomic E-state index is 12.4. The molecule has 0 spiro atoms. The number of hydrogen-bond acceptors (Lipinski definition) is 5. The zero-order chi connectivity index (χ0) is 13.9. The number of thiophene rings is 1. The molecule has 1 atom stereocenters. The maximum Gasteiger partial charge on any atom is 0.254 e. The van der Waals surface area contributed by atoms with Crippen molar-refractivity contribution in [2.45, 2.75) is 32.1 Å². The van der Waals surface area contributed by atoms with Gasteiger partial charge in [0, 0.05) is 30.8 Å². The van der Waals surface area contributed by atoms with Crippen molar-refractivity contribution in [1.82, 2.24) is 15.0 Å². The molecule has 0 unspecified atom stereocenters. The van der Waals surface area contributed by atoms with E-state index in [0.717, 1.165) is 37.2 Å². The lowest BCUT2D eigenvalue weighted by Crippen LogP contribution is -2.39. The first-order chi connectivity index (χ1) is 9.78. The zero-order valence-corrected chi connectivity index (χ0v) is 12.2. The SMILES string of the molecule is CCc1nc([C@H]2CCCN(C(=O)c3ccsc3)C2)no1. The van der Waals surface area contributed by atoms with Crippen LogP contribution >= 0.6 is 11.3 Å². The molecule has 3 heterocycles. The topological polar surface area (TPSA) is 59.2 Å². The minimum absolute atomic E-state index is 0.107. The summed E-state index contributed by atoms with van der Waals surface area (Å²) in [4.78, 5) is 18.7. The standard InChI is InChI=1S/C14H17N3O2S/c1-2-12-15-13(16-19-12)10-4-3-6-17(8-10)14(18)11-5-7-20-9-11/h5,7,9-10H,2-4,6,8H2,1H3/t10-/m0/s1. The van der Waals surface area contributed by atoms with E-state index < -0.39 is 0 Å². The van der Waals surface area contributed by atoms with E-state index >= 15 is 0 Å². The first kappa shape index (κ1) is 13.3. The summed E-state index contributed by atoms with van der Waals surface area (Å²) in [7, 11) is 0. The lowest BCUT2D eigenvalue weighted by molar-refractivity contribution is 0.0704. The molecular weight excluding hydrogens is 274 g/mol. The Morgan fingerprint density at radius 2 is 2.50 bits per heavy atom. The van der Waals surface area contributed by atoms with E-state index in [0.29, 0.717) is 12.4 Å². The van der Waals surface area contributed by atoms with Gasteiger partial charge in [-0.3, -0.25) is 4.79 Å². The highest BCUT2D eigenvalue weighted by Gasteiger charge is 2.28. The molecule has 0 aromatic carbocycles. The van der Waals surface area contributed by atoms with Crippen LogP contribution in [0, 0.1) is 0 Å². The van der Waals surface area contributed by atoms with Crippen molar-refractivity contribution >= 4 is 17.2 Å². The van der Waals surface area contributed by atoms with Gasteiger partial charge in [0.2, 0.25) is 5.89 Å². The van der Waals surface area contributed by atoms with Gasteiger partial charge in [-0.15, -0.1) is 0 Å². The Bertz CT molecular complexity index is 579. The van der Waals surface area contributed by atoms with Crippen molar-refractivity contribution in [3.05, 3.63) is 34.1 Å². The molecule has 0 saturated carbocycles. The van der Waals surface area contributed by atoms with Crippen LogP contribution in [0.5, 0.6) is 0 Å². The van der Waals surface area contributed by atoms with Crippen LogP contribution in [-0.2, 0) is 6.42 Å². The zero-order valence-electron chi connectivity index (χ0n) is 11.4. The Morgan fingerprint density at radius 1 is 1.60 bits per heavy atom. The quantitative estimate of drug-likeness (QED) is 0.872. The second-order valence-corrected chi connectivity index (χ2v) is 5.78. The summed E-state index contributed by atoms with van der Waals surface area (Å²) in [6.45, 7) is 3.48. The normalized spacial score (nSPS) is 19.2. The number of nitrogens with zero attached hydrogens (tertiary/aromatic N) is 3. The number of hydrogen-bond donors (Lipinski definition) is 0. The van der Waals surface area contributed by atoms with Gasteiger partial charge < -0.3 is 9.42 Å². The van der Waals surface area contributed by atoms with Gasteiger partial charge in [0.1, 0.15) is 0 Å². The predicted molar refractivity (Wildman–Crippen MR) is 75.9 cm³/mol. The molecular formula is C14H17N3O2S. The van der Waals surface area contributed by atoms with Crippen LogP contribution in [0.1, 0.15) is 47.8 Å². The van der Waals surface area contributed by atoms with Crippen molar-refractivity contribution in [2.75, 3.05) is 13.1 Å². The fraction of sp³-hybridized carbons (Fsp3) is 0.500. The second-order valence-electron chi connectivity index (χ2n) is 5.00. The fourth-order valence-corrected chi connectivity index (χ4v) is 3.15. The van der Waals surface area contributed by atoms with Gasteiger partial charge in [0.05, 0.1) is 5.56 Å². The molecule has 0 bridgehead atoms. The van der Waals surface area contributed by atoms with E-state index in [4.69, 9.17) is 4.52 Å². The molecule has 2 aromatic rings. The van der Waals surface area contributed by atoms with E-state index in [1.54, 1.807) is 11.3 Å². The molecule has 6 heteroatoms. The van der Waals surface area contributed by atoms with E-state index in [1.807, 2.05) is 28.7 Å². The van der Waals surface area contributed by atoms with E-state index in [1.165, 1.54) is 0 Å². The summed E-state index contributed by atoms with van der Waals surface area (Å²) in [5.74, 6) is 1.71. The van der Waals surface area contributed by atoms with Crippen LogP contribution in [0.25, 0.3) is 0 Å². The summed E-state index contributed by atoms with van der Waals surface area (Å²) in [6, 6.07) is 1.88. The third kappa shape index (κ3) is 2.60. The number of likely N-dealkylation sites (tertiary alicyclic amines) is 1. The van der Waals surface area contributed by atoms with Crippen LogP contribution in [-0.4, -0.2) is 34.0 Å². The molecule has 0 N–H and O–H groups in total. The molecule has 0 radical (unpaired) electrons. The number of piperidine rings is 1. The summed E-state index contributed by atoms with van der Waals surface area (Å²) in [5.41, 5.74) is 0.776. The highest BCUT2D eigenvalue weighted by molar-refractivity contribution is 7.08. The number of carbonyl (C=O) groups excluding carboxylic acids is 1. The van der Waals surface area contributed by atoms with Crippen molar-refractivity contribution in [3.63, 3.8) is 0 Å². The average Bonchev–Trinajstić information content (AvgIpc) is 3.17. The molecule has 106 valence electrons. The lowest BCUT2D eigenvalue weighted by Gasteiger charge is -2.31. The van der Waals surface area contributed by atoms with Crippen LogP contribution in [0.3, 0.4) is 0 Å². The Morgan fingerprint density at radius 3 is 3.20 bits per heavy atom. The first-order valence-corrected chi connectivity index (χ1v) is 7.86. The molecule has 1 aliphatic rings. The van der Waals surface area contributed by atoms with Crippen LogP contribution in [0.4, 0.5) is 0 Å². The summed E-state index contributed by atoms with van der Waals surface area (Å²) < 4.78 is 5.17. The Labute approximate surface area is 121 Å². The first-order valence-electron chi connectivity index (χ1n) is 6.92. The smallest absolute Gasteiger partial charge is 0.254 e. The number of aromatic nitrogens is 2. The van der Waals surface area contributed by atoms with Crippen molar-refractivity contribution in [3.8, 4) is 0 Å². The molecule has 2 aromatic heterocycles. The van der Waals surface area contributed by atoms with E-state index in [9.17, 15) is 4.79 Å². The molecule has 0 aliphatic carbocycles. The molecule has 1 amide bonds. The van der Waals surface area contributed by atoms with Crippen molar-refractivity contribution < 1.29 is 9.32 Å². The maximum absolute atomic E-state index is 12.4. The monoisotopic (exact) mass is 291 g/mol. The number of aryl methyl sites for hydroxylation is 1. The van der Waals surface area contributed by atoms with Gasteiger partial charge in [0.25, 0.3) is 5.91 Å². The highest BCUT2D eigenvalue weighted by Crippen LogP contribution is 2.26. The number of rotatable bonds is 3. The summed E-state index contributed by atoms with van der Waals surface area (Å²) in [5, 5.41) is 7.88. The molecule has 3 rings (SSSR count). The Kier molecular flexibility index (Phi) is 3.82. The molecule has 1 saturated heterocycles. The van der Waals surface area contributed by atoms with Crippen molar-refractivity contribution in [1.29, 1.82) is 0 Å². The Hall–Kier alpha value is -1.69. The minimum Gasteiger partial charge on any atom is -0.339 e. The van der Waals surface area contributed by atoms with Gasteiger partial charge >= 0.3 is 0 Å². The van der Waals surface area contributed by atoms with Gasteiger partial charge in [-0.2, -0.15) is 16.3 Å². The Balaban J connectivity index is 1.71. The second kappa shape index (κ2) is 5.75. The highest BCUT2D eigenvalue weighted by atomic mass is 32.1. The fourth-order valence-electron chi connectivity index (χ4n) is 2.52. The van der Waals surface area contributed by atoms with E-state index in [-0.39, 0.29) is 11.8 Å². The number of amides is 1. The van der Waals surface area contributed by atoms with E-state index in [2.05, 4.69) is 10.1 Å². The lowest BCUT2D eigenvalue weighted by atomic mass is 9.97. The van der Waals surface area contributed by atoms with Crippen molar-refractivity contribution in [2.24, 2.45) is 0 Å². The predicted octanol–water partition coefficient (Wildman–Crippen LogP) is 2.71. The van der Waals surface area contributed by atoms with Crippen LogP contribution in [0.15, 0.2) is 21.3 Å². The van der Waals surface area contributed by atoms with Gasteiger partial charge in [-0.25, -0.2) is 0 Å². The minimum atomic E-state index is 0.107. The third-order valence-electron chi connectivity index (χ3n) is 3.63. The molecule has 5 nitrogen and oxygen atoms in total. The average molecular weight is 291 g/mol. The summed E-state index contributed by atoms with van der Waals surface area (Å²) in [6.07, 6.45) is 2.74. The molecule has 20 heavy (non-hydrogen) atoms. The molecule has 1 fully saturated rings. The van der Waals surface area contributed by atoms with Gasteiger partial charge in [-0.1, -0.05) is 12.1 Å². The number of carbonyl (C=O) groups is 1. The molecule has 1 aliphatic heterocycles. The van der Waals surface area contributed by atoms with Crippen LogP contribution in [0.2, 0.25) is 0 Å².